The van der Waals surface area contributed by atoms with Crippen molar-refractivity contribution in [3.63, 3.8) is 0 Å². The number of carbonyl (C=O) groups is 1. The first kappa shape index (κ1) is 15.2. The minimum Gasteiger partial charge on any atom is -0.506 e. The fraction of sp³-hybridized carbons (Fsp3) is 0. The van der Waals surface area contributed by atoms with Gasteiger partial charge in [0, 0.05) is 18.3 Å². The number of anilines is 1. The number of oxazole rings is 1. The van der Waals surface area contributed by atoms with Crippen molar-refractivity contribution in [3.8, 4) is 5.75 Å². The van der Waals surface area contributed by atoms with Gasteiger partial charge in [-0.15, -0.1) is 0 Å². The van der Waals surface area contributed by atoms with Crippen LogP contribution in [0.4, 0.5) is 11.4 Å². The van der Waals surface area contributed by atoms with E-state index in [9.17, 15) is 20.0 Å². The number of aromatic hydroxyl groups is 1. The fourth-order valence-electron chi connectivity index (χ4n) is 2.05. The van der Waals surface area contributed by atoms with Gasteiger partial charge in [0.25, 0.3) is 5.69 Å². The molecule has 8 heteroatoms. The third kappa shape index (κ3) is 2.93. The summed E-state index contributed by atoms with van der Waals surface area (Å²) in [6, 6.07) is 10.5. The predicted octanol–water partition coefficient (Wildman–Crippen LogP) is 3.09. The van der Waals surface area contributed by atoms with Crippen LogP contribution in [0.5, 0.6) is 5.75 Å². The van der Waals surface area contributed by atoms with Gasteiger partial charge in [-0.25, -0.2) is 4.98 Å². The number of fused-ring (bicyclic) bond motifs is 1. The molecule has 24 heavy (non-hydrogen) atoms. The van der Waals surface area contributed by atoms with Gasteiger partial charge in [0.05, 0.1) is 16.2 Å². The summed E-state index contributed by atoms with van der Waals surface area (Å²) in [5, 5.41) is 23.2. The van der Waals surface area contributed by atoms with Crippen LogP contribution in [0.3, 0.4) is 0 Å². The molecule has 0 unspecified atom stereocenters. The molecule has 0 aliphatic carbocycles. The third-order valence-electron chi connectivity index (χ3n) is 3.24. The second-order valence-corrected chi connectivity index (χ2v) is 4.81. The maximum absolute atomic E-state index is 11.3. The van der Waals surface area contributed by atoms with E-state index >= 15 is 0 Å². The van der Waals surface area contributed by atoms with E-state index in [1.54, 1.807) is 24.3 Å². The maximum Gasteiger partial charge on any atom is 0.271 e. The van der Waals surface area contributed by atoms with Crippen LogP contribution < -0.4 is 5.32 Å². The smallest absolute Gasteiger partial charge is 0.271 e. The van der Waals surface area contributed by atoms with E-state index in [-0.39, 0.29) is 28.6 Å². The number of nitro groups is 1. The Morgan fingerprint density at radius 1 is 1.29 bits per heavy atom. The number of non-ortho nitro benzene ring substituents is 1. The van der Waals surface area contributed by atoms with E-state index in [4.69, 9.17) is 4.42 Å². The molecule has 0 radical (unpaired) electrons. The lowest BCUT2D eigenvalue weighted by Gasteiger charge is -2.04. The second kappa shape index (κ2) is 6.21. The number of hydrogen-bond acceptors (Lipinski definition) is 7. The molecule has 2 N–H and O–H groups in total. The van der Waals surface area contributed by atoms with Gasteiger partial charge >= 0.3 is 0 Å². The molecular formula is C16H11N3O5. The first-order chi connectivity index (χ1) is 11.6. The largest absolute Gasteiger partial charge is 0.506 e. The van der Waals surface area contributed by atoms with Crippen LogP contribution in [0.15, 0.2) is 53.1 Å². The number of phenols is 1. The Morgan fingerprint density at radius 2 is 2.08 bits per heavy atom. The molecule has 0 saturated heterocycles. The van der Waals surface area contributed by atoms with Crippen molar-refractivity contribution in [1.82, 2.24) is 4.98 Å². The average molecular weight is 325 g/mol. The molecule has 0 bridgehead atoms. The number of rotatable bonds is 5. The molecule has 120 valence electrons. The molecule has 8 nitrogen and oxygen atoms in total. The lowest BCUT2D eigenvalue weighted by molar-refractivity contribution is -0.384. The van der Waals surface area contributed by atoms with E-state index < -0.39 is 4.92 Å². The maximum atomic E-state index is 11.3. The summed E-state index contributed by atoms with van der Waals surface area (Å²) < 4.78 is 5.48. The topological polar surface area (TPSA) is 118 Å². The first-order valence-electron chi connectivity index (χ1n) is 6.83. The van der Waals surface area contributed by atoms with Crippen molar-refractivity contribution >= 4 is 34.3 Å². The molecule has 0 amide bonds. The van der Waals surface area contributed by atoms with Crippen molar-refractivity contribution in [1.29, 1.82) is 0 Å². The number of allylic oxidation sites excluding steroid dienone is 1. The number of aromatic nitrogens is 1. The average Bonchev–Trinajstić information content (AvgIpc) is 3.00. The van der Waals surface area contributed by atoms with Crippen LogP contribution in [-0.2, 0) is 4.79 Å². The quantitative estimate of drug-likeness (QED) is 0.243. The van der Waals surface area contributed by atoms with Crippen LogP contribution in [0, 0.1) is 10.1 Å². The van der Waals surface area contributed by atoms with E-state index in [1.807, 2.05) is 0 Å². The molecule has 1 aromatic heterocycles. The Labute approximate surface area is 135 Å². The molecule has 0 saturated carbocycles. The summed E-state index contributed by atoms with van der Waals surface area (Å²) in [5.41, 5.74) is 1.10. The lowest BCUT2D eigenvalue weighted by Crippen LogP contribution is -1.95. The highest BCUT2D eigenvalue weighted by Gasteiger charge is 2.12. The van der Waals surface area contributed by atoms with E-state index in [0.29, 0.717) is 17.4 Å². The molecule has 1 heterocycles. The highest BCUT2D eigenvalue weighted by Crippen LogP contribution is 2.28. The van der Waals surface area contributed by atoms with Crippen LogP contribution in [0.2, 0.25) is 0 Å². The minimum atomic E-state index is -0.588. The van der Waals surface area contributed by atoms with Gasteiger partial charge in [-0.05, 0) is 18.2 Å². The Kier molecular flexibility index (Phi) is 3.94. The van der Waals surface area contributed by atoms with Crippen LogP contribution in [0.25, 0.3) is 16.7 Å². The number of nitro benzene ring substituents is 1. The molecule has 0 spiro atoms. The van der Waals surface area contributed by atoms with E-state index in [0.717, 1.165) is 6.07 Å². The molecular weight excluding hydrogens is 314 g/mol. The minimum absolute atomic E-state index is 0.0830. The molecule has 3 aromatic rings. The number of hydrogen-bond donors (Lipinski definition) is 2. The number of carbonyl (C=O) groups excluding carboxylic acids is 1. The number of aldehydes is 1. The number of benzene rings is 2. The molecule has 0 fully saturated rings. The van der Waals surface area contributed by atoms with Crippen molar-refractivity contribution in [2.75, 3.05) is 5.32 Å². The van der Waals surface area contributed by atoms with Crippen LogP contribution >= 0.6 is 0 Å². The monoisotopic (exact) mass is 325 g/mol. The summed E-state index contributed by atoms with van der Waals surface area (Å²) in [5.74, 6) is -0.0942. The second-order valence-electron chi connectivity index (χ2n) is 4.81. The predicted molar refractivity (Wildman–Crippen MR) is 86.4 cm³/mol. The number of nitrogens with zero attached hydrogens (tertiary/aromatic N) is 2. The highest BCUT2D eigenvalue weighted by molar-refractivity contribution is 6.06. The highest BCUT2D eigenvalue weighted by atomic mass is 16.6. The van der Waals surface area contributed by atoms with E-state index in [2.05, 4.69) is 10.3 Å². The Hall–Kier alpha value is -3.68. The summed E-state index contributed by atoms with van der Waals surface area (Å²) >= 11 is 0. The zero-order valence-corrected chi connectivity index (χ0v) is 12.2. The van der Waals surface area contributed by atoms with Crippen molar-refractivity contribution in [2.45, 2.75) is 0 Å². The van der Waals surface area contributed by atoms with Gasteiger partial charge in [0.2, 0.25) is 5.89 Å². The number of phenolic OH excluding ortho intramolecular Hbond substituents is 1. The molecule has 0 atom stereocenters. The molecule has 2 aromatic carbocycles. The summed E-state index contributed by atoms with van der Waals surface area (Å²) in [6.45, 7) is 0. The van der Waals surface area contributed by atoms with Gasteiger partial charge in [-0.3, -0.25) is 14.9 Å². The molecule has 0 aliphatic rings. The summed E-state index contributed by atoms with van der Waals surface area (Å²) in [4.78, 5) is 25.7. The first-order valence-corrected chi connectivity index (χ1v) is 6.83. The van der Waals surface area contributed by atoms with Gasteiger partial charge in [0.1, 0.15) is 11.3 Å². The van der Waals surface area contributed by atoms with Crippen LogP contribution in [0.1, 0.15) is 5.89 Å². The van der Waals surface area contributed by atoms with Crippen LogP contribution in [-0.4, -0.2) is 21.3 Å². The van der Waals surface area contributed by atoms with Gasteiger partial charge in [-0.1, -0.05) is 12.1 Å². The third-order valence-corrected chi connectivity index (χ3v) is 3.24. The Morgan fingerprint density at radius 3 is 2.79 bits per heavy atom. The standard InChI is InChI=1S/C16H11N3O5/c20-9-10(16-18-12-3-1-2-4-15(12)24-16)8-17-13-7-11(19(22)23)5-6-14(13)21/h1-9,17,21H. The molecule has 0 aliphatic heterocycles. The fourth-order valence-corrected chi connectivity index (χ4v) is 2.05. The van der Waals surface area contributed by atoms with Gasteiger partial charge < -0.3 is 14.8 Å². The SMILES string of the molecule is O=CC(=CNc1cc([N+](=O)[O-])ccc1O)c1nc2ccccc2o1. The number of nitrogens with one attached hydrogen (secondary N) is 1. The summed E-state index contributed by atoms with van der Waals surface area (Å²) in [7, 11) is 0. The van der Waals surface area contributed by atoms with Gasteiger partial charge in [-0.2, -0.15) is 0 Å². The summed E-state index contributed by atoms with van der Waals surface area (Å²) in [6.07, 6.45) is 1.79. The van der Waals surface area contributed by atoms with Crippen molar-refractivity contribution in [2.24, 2.45) is 0 Å². The number of para-hydroxylation sites is 2. The Bertz CT molecular complexity index is 928. The lowest BCUT2D eigenvalue weighted by atomic mass is 10.2. The Balaban J connectivity index is 1.92. The van der Waals surface area contributed by atoms with Crippen molar-refractivity contribution < 1.29 is 19.2 Å². The van der Waals surface area contributed by atoms with E-state index in [1.165, 1.54) is 18.3 Å². The normalized spacial score (nSPS) is 11.4. The zero-order valence-electron chi connectivity index (χ0n) is 12.2. The van der Waals surface area contributed by atoms with Gasteiger partial charge in [0.15, 0.2) is 11.9 Å². The van der Waals surface area contributed by atoms with Crippen molar-refractivity contribution in [3.05, 3.63) is 64.7 Å². The molecule has 3 rings (SSSR count). The zero-order chi connectivity index (χ0) is 17.1.